The highest BCUT2D eigenvalue weighted by atomic mass is 32.2. The second kappa shape index (κ2) is 9.28. The Labute approximate surface area is 193 Å². The number of morpholine rings is 1. The lowest BCUT2D eigenvalue weighted by molar-refractivity contribution is -0.123. The number of nitrogens with zero attached hydrogens (tertiary/aromatic N) is 2. The number of aromatic nitrogens is 1. The number of aryl methyl sites for hydroxylation is 1. The van der Waals surface area contributed by atoms with Gasteiger partial charge in [0.2, 0.25) is 10.0 Å². The fourth-order valence-electron chi connectivity index (χ4n) is 4.07. The standard InChI is InChI=1S/C23H29N3O6S/c1-15-13-21(16(2)26(15)19-7-8-19)23(28)32-17(3)22(27)24-18-5-4-6-20(14-18)33(29,30)25-9-11-31-12-10-25/h4-6,13-14,17,19H,7-12H2,1-3H3,(H,24,27)/t17-/m1/s1. The van der Waals surface area contributed by atoms with Crippen molar-refractivity contribution < 1.29 is 27.5 Å². The van der Waals surface area contributed by atoms with Crippen LogP contribution in [0.3, 0.4) is 0 Å². The zero-order valence-electron chi connectivity index (χ0n) is 19.0. The molecule has 0 unspecified atom stereocenters. The number of carbonyl (C=O) groups is 2. The molecule has 9 nitrogen and oxygen atoms in total. The maximum absolute atomic E-state index is 12.9. The van der Waals surface area contributed by atoms with Crippen LogP contribution in [-0.4, -0.2) is 61.6 Å². The predicted molar refractivity (Wildman–Crippen MR) is 122 cm³/mol. The molecule has 1 aliphatic heterocycles. The van der Waals surface area contributed by atoms with Gasteiger partial charge in [0.05, 0.1) is 23.7 Å². The van der Waals surface area contributed by atoms with E-state index >= 15 is 0 Å². The van der Waals surface area contributed by atoms with Crippen molar-refractivity contribution in [2.24, 2.45) is 0 Å². The van der Waals surface area contributed by atoms with Gasteiger partial charge in [-0.3, -0.25) is 4.79 Å². The van der Waals surface area contributed by atoms with E-state index in [2.05, 4.69) is 9.88 Å². The van der Waals surface area contributed by atoms with Gasteiger partial charge in [-0.2, -0.15) is 4.31 Å². The predicted octanol–water partition coefficient (Wildman–Crippen LogP) is 2.64. The highest BCUT2D eigenvalue weighted by Gasteiger charge is 2.30. The third-order valence-corrected chi connectivity index (χ3v) is 7.87. The number of sulfonamides is 1. The molecule has 1 atom stereocenters. The Kier molecular flexibility index (Phi) is 6.60. The topological polar surface area (TPSA) is 107 Å². The average Bonchev–Trinajstić information content (AvgIpc) is 3.58. The number of benzene rings is 1. The van der Waals surface area contributed by atoms with Crippen molar-refractivity contribution in [1.29, 1.82) is 0 Å². The van der Waals surface area contributed by atoms with E-state index in [0.29, 0.717) is 30.5 Å². The Hall–Kier alpha value is -2.69. The van der Waals surface area contributed by atoms with Gasteiger partial charge >= 0.3 is 5.97 Å². The first kappa shape index (κ1) is 23.5. The number of ether oxygens (including phenoxy) is 2. The minimum Gasteiger partial charge on any atom is -0.449 e. The van der Waals surface area contributed by atoms with Crippen LogP contribution in [0.2, 0.25) is 0 Å². The number of rotatable bonds is 7. The monoisotopic (exact) mass is 475 g/mol. The second-order valence-electron chi connectivity index (χ2n) is 8.47. The normalized spacial score (nSPS) is 18.0. The second-order valence-corrected chi connectivity index (χ2v) is 10.4. The Morgan fingerprint density at radius 2 is 1.85 bits per heavy atom. The minimum atomic E-state index is -3.69. The van der Waals surface area contributed by atoms with Gasteiger partial charge in [-0.05, 0) is 57.9 Å². The van der Waals surface area contributed by atoms with Crippen LogP contribution in [0.4, 0.5) is 5.69 Å². The van der Waals surface area contributed by atoms with Crippen LogP contribution in [0, 0.1) is 13.8 Å². The van der Waals surface area contributed by atoms with Gasteiger partial charge in [0.1, 0.15) is 0 Å². The molecular formula is C23H29N3O6S. The van der Waals surface area contributed by atoms with Gasteiger partial charge in [-0.25, -0.2) is 13.2 Å². The quantitative estimate of drug-likeness (QED) is 0.617. The van der Waals surface area contributed by atoms with Crippen molar-refractivity contribution in [1.82, 2.24) is 8.87 Å². The fraction of sp³-hybridized carbons (Fsp3) is 0.478. The Morgan fingerprint density at radius 1 is 1.15 bits per heavy atom. The van der Waals surface area contributed by atoms with E-state index in [-0.39, 0.29) is 18.0 Å². The van der Waals surface area contributed by atoms with Crippen LogP contribution in [-0.2, 0) is 24.3 Å². The van der Waals surface area contributed by atoms with E-state index < -0.39 is 28.0 Å². The molecule has 1 amide bonds. The molecule has 1 N–H and O–H groups in total. The average molecular weight is 476 g/mol. The summed E-state index contributed by atoms with van der Waals surface area (Å²) in [6, 6.07) is 8.27. The van der Waals surface area contributed by atoms with E-state index in [0.717, 1.165) is 24.2 Å². The summed E-state index contributed by atoms with van der Waals surface area (Å²) >= 11 is 0. The molecule has 0 bridgehead atoms. The third-order valence-electron chi connectivity index (χ3n) is 5.98. The Morgan fingerprint density at radius 3 is 2.52 bits per heavy atom. The maximum atomic E-state index is 12.9. The first-order chi connectivity index (χ1) is 15.7. The molecule has 1 saturated carbocycles. The molecule has 2 heterocycles. The lowest BCUT2D eigenvalue weighted by atomic mass is 10.2. The van der Waals surface area contributed by atoms with Crippen molar-refractivity contribution in [3.05, 3.63) is 47.3 Å². The molecule has 2 aliphatic rings. The summed E-state index contributed by atoms with van der Waals surface area (Å²) in [5.74, 6) is -1.10. The van der Waals surface area contributed by atoms with Crippen LogP contribution in [0.1, 0.15) is 47.6 Å². The molecule has 2 aromatic rings. The molecule has 1 aromatic carbocycles. The summed E-state index contributed by atoms with van der Waals surface area (Å²) in [6.45, 7) is 6.59. The van der Waals surface area contributed by atoms with E-state index in [1.165, 1.54) is 23.4 Å². The third kappa shape index (κ3) is 4.97. The number of hydrogen-bond donors (Lipinski definition) is 1. The van der Waals surface area contributed by atoms with Gasteiger partial charge in [0, 0.05) is 36.2 Å². The lowest BCUT2D eigenvalue weighted by Gasteiger charge is -2.26. The number of amides is 1. The smallest absolute Gasteiger partial charge is 0.340 e. The van der Waals surface area contributed by atoms with Crippen LogP contribution < -0.4 is 5.32 Å². The molecule has 0 radical (unpaired) electrons. The molecule has 33 heavy (non-hydrogen) atoms. The van der Waals surface area contributed by atoms with E-state index in [1.807, 2.05) is 13.8 Å². The summed E-state index contributed by atoms with van der Waals surface area (Å²) in [7, 11) is -3.69. The van der Waals surface area contributed by atoms with E-state index in [4.69, 9.17) is 9.47 Å². The van der Waals surface area contributed by atoms with Crippen LogP contribution in [0.5, 0.6) is 0 Å². The zero-order chi connectivity index (χ0) is 23.8. The largest absolute Gasteiger partial charge is 0.449 e. The summed E-state index contributed by atoms with van der Waals surface area (Å²) < 4.78 is 39.9. The highest BCUT2D eigenvalue weighted by molar-refractivity contribution is 7.89. The summed E-state index contributed by atoms with van der Waals surface area (Å²) in [5.41, 5.74) is 2.60. The molecular weight excluding hydrogens is 446 g/mol. The van der Waals surface area contributed by atoms with Crippen molar-refractivity contribution in [3.8, 4) is 0 Å². The molecule has 0 spiro atoms. The SMILES string of the molecule is Cc1cc(C(=O)O[C@H](C)C(=O)Nc2cccc(S(=O)(=O)N3CCOCC3)c2)c(C)n1C1CC1. The van der Waals surface area contributed by atoms with Crippen molar-refractivity contribution >= 4 is 27.6 Å². The number of esters is 1. The number of carbonyl (C=O) groups excluding carboxylic acids is 2. The molecule has 2 fully saturated rings. The van der Waals surface area contributed by atoms with Crippen LogP contribution >= 0.6 is 0 Å². The van der Waals surface area contributed by atoms with Crippen molar-refractivity contribution in [2.45, 2.75) is 50.7 Å². The summed E-state index contributed by atoms with van der Waals surface area (Å²) in [4.78, 5) is 25.4. The zero-order valence-corrected chi connectivity index (χ0v) is 19.9. The van der Waals surface area contributed by atoms with Gasteiger partial charge in [-0.15, -0.1) is 0 Å². The van der Waals surface area contributed by atoms with Gasteiger partial charge in [0.15, 0.2) is 6.10 Å². The van der Waals surface area contributed by atoms with Crippen LogP contribution in [0.15, 0.2) is 35.2 Å². The molecule has 1 saturated heterocycles. The summed E-state index contributed by atoms with van der Waals surface area (Å²) in [5, 5.41) is 2.64. The number of hydrogen-bond acceptors (Lipinski definition) is 6. The molecule has 1 aromatic heterocycles. The Bertz CT molecular complexity index is 1160. The van der Waals surface area contributed by atoms with Crippen molar-refractivity contribution in [3.63, 3.8) is 0 Å². The fourth-order valence-corrected chi connectivity index (χ4v) is 5.52. The van der Waals surface area contributed by atoms with Crippen LogP contribution in [0.25, 0.3) is 0 Å². The number of anilines is 1. The van der Waals surface area contributed by atoms with Gasteiger partial charge < -0.3 is 19.4 Å². The maximum Gasteiger partial charge on any atom is 0.340 e. The molecule has 178 valence electrons. The van der Waals surface area contributed by atoms with Crippen molar-refractivity contribution in [2.75, 3.05) is 31.6 Å². The number of nitrogens with one attached hydrogen (secondary N) is 1. The first-order valence-corrected chi connectivity index (χ1v) is 12.5. The van der Waals surface area contributed by atoms with E-state index in [1.54, 1.807) is 18.2 Å². The molecule has 10 heteroatoms. The van der Waals surface area contributed by atoms with Gasteiger partial charge in [0.25, 0.3) is 5.91 Å². The lowest BCUT2D eigenvalue weighted by Crippen LogP contribution is -2.40. The highest BCUT2D eigenvalue weighted by Crippen LogP contribution is 2.38. The minimum absolute atomic E-state index is 0.0827. The summed E-state index contributed by atoms with van der Waals surface area (Å²) in [6.07, 6.45) is 1.15. The molecule has 1 aliphatic carbocycles. The van der Waals surface area contributed by atoms with E-state index in [9.17, 15) is 18.0 Å². The Balaban J connectivity index is 1.41. The molecule has 4 rings (SSSR count). The first-order valence-electron chi connectivity index (χ1n) is 11.1. The van der Waals surface area contributed by atoms with Gasteiger partial charge in [-0.1, -0.05) is 6.07 Å².